The highest BCUT2D eigenvalue weighted by Crippen LogP contribution is 2.30. The number of nitrogens with one attached hydrogen (secondary N) is 1. The van der Waals surface area contributed by atoms with Gasteiger partial charge in [-0.25, -0.2) is 12.8 Å². The second kappa shape index (κ2) is 10.6. The zero-order valence-electron chi connectivity index (χ0n) is 19.8. The molecule has 192 valence electrons. The second-order valence-corrected chi connectivity index (χ2v) is 11.1. The van der Waals surface area contributed by atoms with Crippen molar-refractivity contribution in [2.75, 3.05) is 26.4 Å². The number of halogens is 1. The Morgan fingerprint density at radius 1 is 1.11 bits per heavy atom. The van der Waals surface area contributed by atoms with Crippen molar-refractivity contribution in [3.8, 4) is 5.75 Å². The lowest BCUT2D eigenvalue weighted by atomic mass is 10.0. The van der Waals surface area contributed by atoms with Crippen LogP contribution in [0.5, 0.6) is 5.75 Å². The molecule has 1 amide bonds. The maximum absolute atomic E-state index is 13.5. The average molecular weight is 517 g/mol. The molecule has 3 aromatic rings. The molecule has 2 aromatic carbocycles. The van der Waals surface area contributed by atoms with Crippen LogP contribution >= 0.6 is 0 Å². The molecule has 0 spiro atoms. The molecule has 5 rings (SSSR count). The van der Waals surface area contributed by atoms with Crippen LogP contribution in [0.3, 0.4) is 0 Å². The van der Waals surface area contributed by atoms with Gasteiger partial charge in [0.05, 0.1) is 6.61 Å². The lowest BCUT2D eigenvalue weighted by Crippen LogP contribution is -2.45. The molecule has 2 fully saturated rings. The largest absolute Gasteiger partial charge is 0.493 e. The van der Waals surface area contributed by atoms with Gasteiger partial charge in [0.25, 0.3) is 10.0 Å². The van der Waals surface area contributed by atoms with Gasteiger partial charge in [-0.15, -0.1) is 0 Å². The SMILES string of the molecule is O=C(NCc1cccc(OCC2CCOCC2)c1)[C@@H]1CCCN1S(=O)(=O)c1cc2cc(F)ccc2o1. The highest BCUT2D eigenvalue weighted by Gasteiger charge is 2.41. The number of carbonyl (C=O) groups excluding carboxylic acids is 1. The van der Waals surface area contributed by atoms with Crippen LogP contribution in [0.15, 0.2) is 58.0 Å². The molecule has 2 aliphatic rings. The van der Waals surface area contributed by atoms with Gasteiger partial charge in [0.2, 0.25) is 11.0 Å². The molecule has 1 N–H and O–H groups in total. The molecule has 0 bridgehead atoms. The molecule has 10 heteroatoms. The predicted octanol–water partition coefficient (Wildman–Crippen LogP) is 3.85. The van der Waals surface area contributed by atoms with Crippen molar-refractivity contribution in [2.24, 2.45) is 5.92 Å². The fourth-order valence-corrected chi connectivity index (χ4v) is 6.31. The fraction of sp³-hybridized carbons (Fsp3) is 0.423. The van der Waals surface area contributed by atoms with Gasteiger partial charge in [-0.3, -0.25) is 4.79 Å². The summed E-state index contributed by atoms with van der Waals surface area (Å²) in [5.41, 5.74) is 1.13. The number of sulfonamides is 1. The van der Waals surface area contributed by atoms with Crippen molar-refractivity contribution in [1.82, 2.24) is 9.62 Å². The van der Waals surface area contributed by atoms with E-state index in [1.807, 2.05) is 24.3 Å². The van der Waals surface area contributed by atoms with Crippen LogP contribution in [-0.4, -0.2) is 51.0 Å². The summed E-state index contributed by atoms with van der Waals surface area (Å²) >= 11 is 0. The van der Waals surface area contributed by atoms with Gasteiger partial charge in [-0.05, 0) is 67.5 Å². The Morgan fingerprint density at radius 3 is 2.78 bits per heavy atom. The number of benzene rings is 2. The molecule has 0 radical (unpaired) electrons. The molecule has 1 atom stereocenters. The van der Waals surface area contributed by atoms with Crippen LogP contribution in [0, 0.1) is 11.7 Å². The van der Waals surface area contributed by atoms with Crippen LogP contribution in [0.25, 0.3) is 11.0 Å². The lowest BCUT2D eigenvalue weighted by Gasteiger charge is -2.22. The first-order chi connectivity index (χ1) is 17.4. The van der Waals surface area contributed by atoms with Crippen molar-refractivity contribution in [3.63, 3.8) is 0 Å². The van der Waals surface area contributed by atoms with Gasteiger partial charge in [-0.2, -0.15) is 4.31 Å². The van der Waals surface area contributed by atoms with Gasteiger partial charge in [0, 0.05) is 37.8 Å². The molecule has 36 heavy (non-hydrogen) atoms. The minimum absolute atomic E-state index is 0.210. The van der Waals surface area contributed by atoms with Crippen LogP contribution < -0.4 is 10.1 Å². The Bertz CT molecular complexity index is 1340. The Hall–Kier alpha value is -2.95. The maximum Gasteiger partial charge on any atom is 0.277 e. The van der Waals surface area contributed by atoms with E-state index in [4.69, 9.17) is 13.9 Å². The van der Waals surface area contributed by atoms with Crippen LogP contribution in [-0.2, 0) is 26.1 Å². The van der Waals surface area contributed by atoms with Gasteiger partial charge >= 0.3 is 0 Å². The van der Waals surface area contributed by atoms with E-state index >= 15 is 0 Å². The zero-order chi connectivity index (χ0) is 25.1. The van der Waals surface area contributed by atoms with Crippen molar-refractivity contribution >= 4 is 26.9 Å². The first-order valence-electron chi connectivity index (χ1n) is 12.2. The number of carbonyl (C=O) groups is 1. The molecule has 0 unspecified atom stereocenters. The van der Waals surface area contributed by atoms with Crippen molar-refractivity contribution in [1.29, 1.82) is 0 Å². The summed E-state index contributed by atoms with van der Waals surface area (Å²) in [5.74, 6) is 0.360. The van der Waals surface area contributed by atoms with E-state index in [0.717, 1.165) is 37.4 Å². The molecule has 2 aliphatic heterocycles. The third kappa shape index (κ3) is 5.40. The molecule has 1 aromatic heterocycles. The summed E-state index contributed by atoms with van der Waals surface area (Å²) in [7, 11) is -4.06. The fourth-order valence-electron chi connectivity index (χ4n) is 4.70. The molecule has 3 heterocycles. The number of amides is 1. The lowest BCUT2D eigenvalue weighted by molar-refractivity contribution is -0.124. The summed E-state index contributed by atoms with van der Waals surface area (Å²) in [4.78, 5) is 13.0. The molecule has 8 nitrogen and oxygen atoms in total. The average Bonchev–Trinajstić information content (AvgIpc) is 3.55. The smallest absolute Gasteiger partial charge is 0.277 e. The van der Waals surface area contributed by atoms with Crippen molar-refractivity contribution < 1.29 is 31.5 Å². The van der Waals surface area contributed by atoms with E-state index in [1.54, 1.807) is 0 Å². The number of hydrogen-bond acceptors (Lipinski definition) is 6. The zero-order valence-corrected chi connectivity index (χ0v) is 20.6. The molecule has 2 saturated heterocycles. The van der Waals surface area contributed by atoms with Crippen LogP contribution in [0.1, 0.15) is 31.2 Å². The molecule has 0 aliphatic carbocycles. The minimum atomic E-state index is -4.06. The monoisotopic (exact) mass is 516 g/mol. The Labute approximate surface area is 209 Å². The Morgan fingerprint density at radius 2 is 1.94 bits per heavy atom. The van der Waals surface area contributed by atoms with Crippen LogP contribution in [0.4, 0.5) is 4.39 Å². The normalized spacial score (nSPS) is 19.5. The summed E-state index contributed by atoms with van der Waals surface area (Å²) in [6.45, 7) is 2.62. The van der Waals surface area contributed by atoms with Crippen LogP contribution in [0.2, 0.25) is 0 Å². The maximum atomic E-state index is 13.5. The number of nitrogens with zero attached hydrogens (tertiary/aromatic N) is 1. The predicted molar refractivity (Wildman–Crippen MR) is 130 cm³/mol. The first kappa shape index (κ1) is 24.7. The Balaban J connectivity index is 1.21. The summed E-state index contributed by atoms with van der Waals surface area (Å²) in [6.07, 6.45) is 2.94. The van der Waals surface area contributed by atoms with Gasteiger partial charge in [0.1, 0.15) is 23.2 Å². The number of furan rings is 1. The van der Waals surface area contributed by atoms with E-state index in [-0.39, 0.29) is 29.7 Å². The number of hydrogen-bond donors (Lipinski definition) is 1. The van der Waals surface area contributed by atoms with Gasteiger partial charge in [-0.1, -0.05) is 12.1 Å². The molecular weight excluding hydrogens is 487 g/mol. The number of ether oxygens (including phenoxy) is 2. The number of rotatable bonds is 8. The van der Waals surface area contributed by atoms with E-state index in [1.165, 1.54) is 28.6 Å². The molecule has 0 saturated carbocycles. The van der Waals surface area contributed by atoms with Gasteiger partial charge < -0.3 is 19.2 Å². The standard InChI is InChI=1S/C26H29FN2O6S/c27-21-6-7-24-20(14-21)15-25(35-24)36(31,32)29-10-2-5-23(29)26(30)28-16-19-3-1-4-22(13-19)34-17-18-8-11-33-12-9-18/h1,3-4,6-7,13-15,18,23H,2,5,8-12,16-17H2,(H,28,30)/t23-/m0/s1. The summed E-state index contributed by atoms with van der Waals surface area (Å²) in [6, 6.07) is 11.8. The van der Waals surface area contributed by atoms with Crippen molar-refractivity contribution in [2.45, 2.75) is 43.4 Å². The Kier molecular flexibility index (Phi) is 7.27. The van der Waals surface area contributed by atoms with Crippen molar-refractivity contribution in [3.05, 3.63) is 59.9 Å². The third-order valence-electron chi connectivity index (χ3n) is 6.72. The highest BCUT2D eigenvalue weighted by molar-refractivity contribution is 7.89. The summed E-state index contributed by atoms with van der Waals surface area (Å²) in [5, 5.41) is 2.92. The quantitative estimate of drug-likeness (QED) is 0.489. The number of fused-ring (bicyclic) bond motifs is 1. The molecular formula is C26H29FN2O6S. The van der Waals surface area contributed by atoms with E-state index in [0.29, 0.717) is 30.8 Å². The van der Waals surface area contributed by atoms with E-state index < -0.39 is 21.9 Å². The van der Waals surface area contributed by atoms with Gasteiger partial charge in [0.15, 0.2) is 0 Å². The highest BCUT2D eigenvalue weighted by atomic mass is 32.2. The minimum Gasteiger partial charge on any atom is -0.493 e. The summed E-state index contributed by atoms with van der Waals surface area (Å²) < 4.78 is 58.0. The topological polar surface area (TPSA) is 98.1 Å². The first-order valence-corrected chi connectivity index (χ1v) is 13.6. The van der Waals surface area contributed by atoms with E-state index in [9.17, 15) is 17.6 Å². The van der Waals surface area contributed by atoms with E-state index in [2.05, 4.69) is 5.32 Å². The second-order valence-electron chi connectivity index (χ2n) is 9.25. The third-order valence-corrected chi connectivity index (χ3v) is 8.48.